The number of pyridine rings is 1. The number of aryl methyl sites for hydroxylation is 1. The molecule has 3 N–H and O–H groups in total. The fourth-order valence-electron chi connectivity index (χ4n) is 2.91. The first kappa shape index (κ1) is 12.5. The van der Waals surface area contributed by atoms with E-state index in [2.05, 4.69) is 23.4 Å². The Labute approximate surface area is 104 Å². The van der Waals surface area contributed by atoms with Gasteiger partial charge in [-0.25, -0.2) is 0 Å². The van der Waals surface area contributed by atoms with Gasteiger partial charge in [-0.05, 0) is 37.3 Å². The van der Waals surface area contributed by atoms with Crippen molar-refractivity contribution < 1.29 is 0 Å². The molecule has 1 unspecified atom stereocenters. The molecule has 0 saturated heterocycles. The SMILES string of the molecule is Cc1cccnc1C(NN)C1CCCCCC1. The minimum Gasteiger partial charge on any atom is -0.271 e. The highest BCUT2D eigenvalue weighted by Crippen LogP contribution is 2.33. The first-order valence-electron chi connectivity index (χ1n) is 6.70. The van der Waals surface area contributed by atoms with Crippen LogP contribution in [-0.2, 0) is 0 Å². The fourth-order valence-corrected chi connectivity index (χ4v) is 2.91. The second kappa shape index (κ2) is 6.12. The summed E-state index contributed by atoms with van der Waals surface area (Å²) in [6.45, 7) is 2.11. The Morgan fingerprint density at radius 3 is 2.59 bits per heavy atom. The molecule has 1 aliphatic rings. The number of nitrogens with two attached hydrogens (primary N) is 1. The molecule has 3 heteroatoms. The summed E-state index contributed by atoms with van der Waals surface area (Å²) >= 11 is 0. The summed E-state index contributed by atoms with van der Waals surface area (Å²) in [5.41, 5.74) is 5.36. The van der Waals surface area contributed by atoms with Crippen molar-refractivity contribution in [2.75, 3.05) is 0 Å². The fraction of sp³-hybridized carbons (Fsp3) is 0.643. The standard InChI is InChI=1S/C14H23N3/c1-11-7-6-10-16-13(11)14(17-15)12-8-4-2-3-5-9-12/h6-7,10,12,14,17H,2-5,8-9,15H2,1H3. The number of aromatic nitrogens is 1. The number of hydrogen-bond acceptors (Lipinski definition) is 3. The Hall–Kier alpha value is -0.930. The van der Waals surface area contributed by atoms with E-state index in [0.717, 1.165) is 5.69 Å². The molecule has 3 nitrogen and oxygen atoms in total. The molecule has 0 spiro atoms. The van der Waals surface area contributed by atoms with Crippen molar-refractivity contribution in [3.05, 3.63) is 29.6 Å². The summed E-state index contributed by atoms with van der Waals surface area (Å²) in [5, 5.41) is 0. The normalized spacial score (nSPS) is 19.9. The van der Waals surface area contributed by atoms with Crippen LogP contribution in [0, 0.1) is 12.8 Å². The molecule has 1 heterocycles. The van der Waals surface area contributed by atoms with E-state index in [-0.39, 0.29) is 6.04 Å². The van der Waals surface area contributed by atoms with Gasteiger partial charge >= 0.3 is 0 Å². The van der Waals surface area contributed by atoms with Crippen molar-refractivity contribution in [3.8, 4) is 0 Å². The van der Waals surface area contributed by atoms with E-state index >= 15 is 0 Å². The zero-order chi connectivity index (χ0) is 12.1. The van der Waals surface area contributed by atoms with Gasteiger partial charge in [0.25, 0.3) is 0 Å². The van der Waals surface area contributed by atoms with Crippen molar-refractivity contribution in [2.45, 2.75) is 51.5 Å². The predicted octanol–water partition coefficient (Wildman–Crippen LogP) is 2.86. The van der Waals surface area contributed by atoms with Crippen LogP contribution in [0.2, 0.25) is 0 Å². The first-order valence-corrected chi connectivity index (χ1v) is 6.70. The lowest BCUT2D eigenvalue weighted by molar-refractivity contribution is 0.322. The molecular weight excluding hydrogens is 210 g/mol. The van der Waals surface area contributed by atoms with Gasteiger partial charge in [-0.1, -0.05) is 31.7 Å². The number of nitrogens with zero attached hydrogens (tertiary/aromatic N) is 1. The largest absolute Gasteiger partial charge is 0.271 e. The van der Waals surface area contributed by atoms with E-state index in [1.807, 2.05) is 12.3 Å². The van der Waals surface area contributed by atoms with Crippen LogP contribution in [0.1, 0.15) is 55.8 Å². The zero-order valence-electron chi connectivity index (χ0n) is 10.7. The smallest absolute Gasteiger partial charge is 0.0662 e. The third-order valence-electron chi connectivity index (χ3n) is 3.90. The number of hydrogen-bond donors (Lipinski definition) is 2. The zero-order valence-corrected chi connectivity index (χ0v) is 10.7. The minimum atomic E-state index is 0.217. The summed E-state index contributed by atoms with van der Waals surface area (Å²) in [7, 11) is 0. The Bertz CT molecular complexity index is 343. The van der Waals surface area contributed by atoms with Crippen LogP contribution in [0.3, 0.4) is 0 Å². The van der Waals surface area contributed by atoms with Crippen LogP contribution < -0.4 is 11.3 Å². The molecule has 1 fully saturated rings. The van der Waals surface area contributed by atoms with Crippen LogP contribution in [0.25, 0.3) is 0 Å². The Kier molecular flexibility index (Phi) is 4.51. The molecule has 0 amide bonds. The monoisotopic (exact) mass is 233 g/mol. The van der Waals surface area contributed by atoms with E-state index in [1.165, 1.54) is 44.1 Å². The van der Waals surface area contributed by atoms with E-state index in [9.17, 15) is 0 Å². The number of rotatable bonds is 3. The topological polar surface area (TPSA) is 50.9 Å². The second-order valence-electron chi connectivity index (χ2n) is 5.10. The first-order chi connectivity index (χ1) is 8.33. The molecular formula is C14H23N3. The molecule has 0 aromatic carbocycles. The van der Waals surface area contributed by atoms with Gasteiger partial charge in [0.1, 0.15) is 0 Å². The number of hydrazine groups is 1. The minimum absolute atomic E-state index is 0.217. The third-order valence-corrected chi connectivity index (χ3v) is 3.90. The van der Waals surface area contributed by atoms with Gasteiger partial charge in [-0.15, -0.1) is 0 Å². The molecule has 1 aliphatic carbocycles. The second-order valence-corrected chi connectivity index (χ2v) is 5.10. The quantitative estimate of drug-likeness (QED) is 0.479. The lowest BCUT2D eigenvalue weighted by Crippen LogP contribution is -2.34. The Morgan fingerprint density at radius 2 is 2.00 bits per heavy atom. The van der Waals surface area contributed by atoms with Gasteiger partial charge in [-0.3, -0.25) is 16.3 Å². The van der Waals surface area contributed by atoms with E-state index in [0.29, 0.717) is 5.92 Å². The van der Waals surface area contributed by atoms with E-state index < -0.39 is 0 Å². The van der Waals surface area contributed by atoms with Crippen molar-refractivity contribution in [1.29, 1.82) is 0 Å². The maximum atomic E-state index is 5.77. The molecule has 1 saturated carbocycles. The highest BCUT2D eigenvalue weighted by atomic mass is 15.2. The molecule has 0 bridgehead atoms. The Morgan fingerprint density at radius 1 is 1.29 bits per heavy atom. The van der Waals surface area contributed by atoms with Gasteiger partial charge in [-0.2, -0.15) is 0 Å². The van der Waals surface area contributed by atoms with Crippen molar-refractivity contribution in [1.82, 2.24) is 10.4 Å². The molecule has 94 valence electrons. The van der Waals surface area contributed by atoms with Crippen molar-refractivity contribution in [3.63, 3.8) is 0 Å². The summed E-state index contributed by atoms with van der Waals surface area (Å²) in [4.78, 5) is 4.51. The van der Waals surface area contributed by atoms with E-state index in [4.69, 9.17) is 5.84 Å². The van der Waals surface area contributed by atoms with Gasteiger partial charge in [0.15, 0.2) is 0 Å². The van der Waals surface area contributed by atoms with Gasteiger partial charge in [0, 0.05) is 6.20 Å². The van der Waals surface area contributed by atoms with Crippen molar-refractivity contribution in [2.24, 2.45) is 11.8 Å². The molecule has 0 radical (unpaired) electrons. The highest BCUT2D eigenvalue weighted by Gasteiger charge is 2.25. The summed E-state index contributed by atoms with van der Waals surface area (Å²) in [6, 6.07) is 4.32. The van der Waals surface area contributed by atoms with Crippen molar-refractivity contribution >= 4 is 0 Å². The van der Waals surface area contributed by atoms with Gasteiger partial charge in [0.05, 0.1) is 11.7 Å². The lowest BCUT2D eigenvalue weighted by atomic mass is 9.88. The average molecular weight is 233 g/mol. The number of nitrogens with one attached hydrogen (secondary N) is 1. The summed E-state index contributed by atoms with van der Waals surface area (Å²) in [5.74, 6) is 6.40. The summed E-state index contributed by atoms with van der Waals surface area (Å²) in [6.07, 6.45) is 9.80. The van der Waals surface area contributed by atoms with Gasteiger partial charge < -0.3 is 0 Å². The molecule has 2 rings (SSSR count). The lowest BCUT2D eigenvalue weighted by Gasteiger charge is -2.26. The predicted molar refractivity (Wildman–Crippen MR) is 70.2 cm³/mol. The van der Waals surface area contributed by atoms with Crippen LogP contribution in [-0.4, -0.2) is 4.98 Å². The van der Waals surface area contributed by atoms with Crippen LogP contribution >= 0.6 is 0 Å². The van der Waals surface area contributed by atoms with Crippen LogP contribution in [0.5, 0.6) is 0 Å². The highest BCUT2D eigenvalue weighted by molar-refractivity contribution is 5.21. The van der Waals surface area contributed by atoms with Gasteiger partial charge in [0.2, 0.25) is 0 Å². The van der Waals surface area contributed by atoms with Crippen LogP contribution in [0.4, 0.5) is 0 Å². The molecule has 0 aliphatic heterocycles. The maximum absolute atomic E-state index is 5.77. The van der Waals surface area contributed by atoms with E-state index in [1.54, 1.807) is 0 Å². The molecule has 17 heavy (non-hydrogen) atoms. The summed E-state index contributed by atoms with van der Waals surface area (Å²) < 4.78 is 0. The van der Waals surface area contributed by atoms with Crippen LogP contribution in [0.15, 0.2) is 18.3 Å². The maximum Gasteiger partial charge on any atom is 0.0662 e. The molecule has 1 aromatic rings. The molecule has 1 aromatic heterocycles. The average Bonchev–Trinajstić information content (AvgIpc) is 2.62. The molecule has 1 atom stereocenters. The third kappa shape index (κ3) is 3.05. The Balaban J connectivity index is 2.17.